The second-order valence-corrected chi connectivity index (χ2v) is 3.19. The second-order valence-electron chi connectivity index (χ2n) is 3.19. The first-order valence-electron chi connectivity index (χ1n) is 5.29. The van der Waals surface area contributed by atoms with Gasteiger partial charge in [0, 0.05) is 0 Å². The zero-order chi connectivity index (χ0) is 9.78. The van der Waals surface area contributed by atoms with Crippen LogP contribution >= 0.6 is 0 Å². The van der Waals surface area contributed by atoms with Gasteiger partial charge in [-0.2, -0.15) is 0 Å². The van der Waals surface area contributed by atoms with Crippen LogP contribution in [0.25, 0.3) is 0 Å². The van der Waals surface area contributed by atoms with Gasteiger partial charge in [0.2, 0.25) is 0 Å². The molecular weight excluding hydrogens is 156 g/mol. The molecule has 0 heterocycles. The third kappa shape index (κ3) is 11.2. The first kappa shape index (κ1) is 12.2. The summed E-state index contributed by atoms with van der Waals surface area (Å²) in [5, 5.41) is 0. The maximum absolute atomic E-state index is 3.70. The Labute approximate surface area is 83.0 Å². The number of rotatable bonds is 8. The van der Waals surface area contributed by atoms with Crippen molar-refractivity contribution in [2.24, 2.45) is 0 Å². The Bertz CT molecular complexity index is 151. The molecule has 0 aromatic rings. The van der Waals surface area contributed by atoms with Crippen LogP contribution in [0.2, 0.25) is 0 Å². The van der Waals surface area contributed by atoms with Gasteiger partial charge in [0.1, 0.15) is 0 Å². The van der Waals surface area contributed by atoms with Crippen LogP contribution < -0.4 is 0 Å². The minimum absolute atomic E-state index is 1.16. The summed E-state index contributed by atoms with van der Waals surface area (Å²) in [4.78, 5) is 0. The molecule has 0 unspecified atom stereocenters. The quantitative estimate of drug-likeness (QED) is 0.375. The van der Waals surface area contributed by atoms with E-state index in [1.54, 1.807) is 0 Å². The third-order valence-corrected chi connectivity index (χ3v) is 1.93. The van der Waals surface area contributed by atoms with Gasteiger partial charge in [-0.25, -0.2) is 0 Å². The maximum Gasteiger partial charge on any atom is -0.0316 e. The van der Waals surface area contributed by atoms with E-state index in [2.05, 4.69) is 37.8 Å². The van der Waals surface area contributed by atoms with Crippen molar-refractivity contribution in [3.63, 3.8) is 0 Å². The van der Waals surface area contributed by atoms with Gasteiger partial charge in [-0.1, -0.05) is 30.4 Å². The molecule has 0 aliphatic rings. The molecule has 0 N–H and O–H groups in total. The van der Waals surface area contributed by atoms with Crippen LogP contribution in [0.3, 0.4) is 0 Å². The number of hydrogen-bond donors (Lipinski definition) is 0. The average molecular weight is 178 g/mol. The minimum Gasteiger partial charge on any atom is -0.103 e. The molecule has 0 amide bonds. The van der Waals surface area contributed by atoms with Gasteiger partial charge in [0.15, 0.2) is 0 Å². The van der Waals surface area contributed by atoms with Crippen molar-refractivity contribution >= 4 is 0 Å². The summed E-state index contributed by atoms with van der Waals surface area (Å²) < 4.78 is 0. The third-order valence-electron chi connectivity index (χ3n) is 1.93. The predicted molar refractivity (Wildman–Crippen MR) is 61.9 cm³/mol. The molecule has 0 nitrogen and oxygen atoms in total. The Hall–Kier alpha value is -0.780. The lowest BCUT2D eigenvalue weighted by molar-refractivity contribution is 0.761. The van der Waals surface area contributed by atoms with E-state index in [0.717, 1.165) is 6.42 Å². The molecule has 0 aromatic heterocycles. The monoisotopic (exact) mass is 178 g/mol. The Kier molecular flexibility index (Phi) is 10.5. The van der Waals surface area contributed by atoms with E-state index < -0.39 is 0 Å². The average Bonchev–Trinajstić information content (AvgIpc) is 2.16. The fraction of sp³-hybridized carbons (Fsp3) is 0.538. The Morgan fingerprint density at radius 2 is 1.46 bits per heavy atom. The van der Waals surface area contributed by atoms with E-state index in [4.69, 9.17) is 0 Å². The maximum atomic E-state index is 3.70. The summed E-state index contributed by atoms with van der Waals surface area (Å²) >= 11 is 0. The molecular formula is C13H22. The molecule has 13 heavy (non-hydrogen) atoms. The lowest BCUT2D eigenvalue weighted by atomic mass is 10.1. The van der Waals surface area contributed by atoms with Crippen LogP contribution in [-0.4, -0.2) is 0 Å². The van der Waals surface area contributed by atoms with E-state index in [0.29, 0.717) is 0 Å². The zero-order valence-corrected chi connectivity index (χ0v) is 8.84. The predicted octanol–water partition coefficient (Wildman–Crippen LogP) is 4.65. The van der Waals surface area contributed by atoms with Crippen molar-refractivity contribution in [3.05, 3.63) is 37.0 Å². The number of unbranched alkanes of at least 4 members (excludes halogenated alkanes) is 4. The topological polar surface area (TPSA) is 0 Å². The van der Waals surface area contributed by atoms with Crippen LogP contribution in [0.1, 0.15) is 45.4 Å². The lowest BCUT2D eigenvalue weighted by Gasteiger charge is -1.92. The summed E-state index contributed by atoms with van der Waals surface area (Å²) in [6.07, 6.45) is 18.2. The highest BCUT2D eigenvalue weighted by atomic mass is 13.9. The highest BCUT2D eigenvalue weighted by molar-refractivity contribution is 4.86. The van der Waals surface area contributed by atoms with E-state index >= 15 is 0 Å². The smallest absolute Gasteiger partial charge is 0.0316 e. The summed E-state index contributed by atoms with van der Waals surface area (Å²) in [6, 6.07) is 0. The van der Waals surface area contributed by atoms with Crippen molar-refractivity contribution in [3.8, 4) is 0 Å². The molecule has 0 aromatic carbocycles. The van der Waals surface area contributed by atoms with Crippen molar-refractivity contribution in [2.45, 2.75) is 45.4 Å². The molecule has 74 valence electrons. The summed E-state index contributed by atoms with van der Waals surface area (Å²) in [7, 11) is 0. The fourth-order valence-corrected chi connectivity index (χ4v) is 1.15. The first-order chi connectivity index (χ1) is 6.41. The van der Waals surface area contributed by atoms with E-state index in [1.807, 2.05) is 6.08 Å². The molecule has 0 rings (SSSR count). The second kappa shape index (κ2) is 11.2. The molecule has 0 radical (unpaired) electrons. The lowest BCUT2D eigenvalue weighted by Crippen LogP contribution is -1.72. The van der Waals surface area contributed by atoms with Crippen LogP contribution in [0.15, 0.2) is 37.0 Å². The molecule has 0 saturated heterocycles. The SMILES string of the molecule is C=CCCCCC=CCCC=CC. The molecule has 0 fully saturated rings. The fourth-order valence-electron chi connectivity index (χ4n) is 1.15. The van der Waals surface area contributed by atoms with Gasteiger partial charge in [-0.3, -0.25) is 0 Å². The Morgan fingerprint density at radius 3 is 2.15 bits per heavy atom. The van der Waals surface area contributed by atoms with Crippen molar-refractivity contribution in [1.82, 2.24) is 0 Å². The molecule has 0 spiro atoms. The largest absolute Gasteiger partial charge is 0.103 e. The molecule has 0 aliphatic heterocycles. The molecule has 0 aliphatic carbocycles. The summed E-state index contributed by atoms with van der Waals surface area (Å²) in [5.74, 6) is 0. The van der Waals surface area contributed by atoms with Gasteiger partial charge in [-0.05, 0) is 45.4 Å². The van der Waals surface area contributed by atoms with Crippen LogP contribution in [0.4, 0.5) is 0 Å². The zero-order valence-electron chi connectivity index (χ0n) is 8.84. The summed E-state index contributed by atoms with van der Waals surface area (Å²) in [5.41, 5.74) is 0. The van der Waals surface area contributed by atoms with Gasteiger partial charge >= 0.3 is 0 Å². The van der Waals surface area contributed by atoms with Crippen molar-refractivity contribution in [2.75, 3.05) is 0 Å². The van der Waals surface area contributed by atoms with Gasteiger partial charge < -0.3 is 0 Å². The highest BCUT2D eigenvalue weighted by Crippen LogP contribution is 2.02. The van der Waals surface area contributed by atoms with Crippen LogP contribution in [0, 0.1) is 0 Å². The van der Waals surface area contributed by atoms with Crippen LogP contribution in [-0.2, 0) is 0 Å². The van der Waals surface area contributed by atoms with E-state index in [9.17, 15) is 0 Å². The van der Waals surface area contributed by atoms with E-state index in [-0.39, 0.29) is 0 Å². The van der Waals surface area contributed by atoms with Crippen molar-refractivity contribution < 1.29 is 0 Å². The van der Waals surface area contributed by atoms with Gasteiger partial charge in [0.25, 0.3) is 0 Å². The number of allylic oxidation sites excluding steroid dienone is 5. The van der Waals surface area contributed by atoms with Gasteiger partial charge in [0.05, 0.1) is 0 Å². The minimum atomic E-state index is 1.16. The van der Waals surface area contributed by atoms with E-state index in [1.165, 1.54) is 32.1 Å². The highest BCUT2D eigenvalue weighted by Gasteiger charge is 1.82. The summed E-state index contributed by atoms with van der Waals surface area (Å²) in [6.45, 7) is 5.77. The normalized spacial score (nSPS) is 11.5. The first-order valence-corrected chi connectivity index (χ1v) is 5.29. The Balaban J connectivity index is 3.07. The van der Waals surface area contributed by atoms with Crippen LogP contribution in [0.5, 0.6) is 0 Å². The molecule has 0 saturated carbocycles. The Morgan fingerprint density at radius 1 is 0.846 bits per heavy atom. The molecule has 0 heteroatoms. The van der Waals surface area contributed by atoms with Crippen molar-refractivity contribution in [1.29, 1.82) is 0 Å². The standard InChI is InChI=1S/C13H22/c1-3-5-7-9-11-13-12-10-8-6-4-2/h3-4,6,12-13H,1,5,7-11H2,2H3. The molecule has 0 bridgehead atoms. The molecule has 0 atom stereocenters. The number of hydrogen-bond acceptors (Lipinski definition) is 0. The van der Waals surface area contributed by atoms with Gasteiger partial charge in [-0.15, -0.1) is 6.58 Å².